The fourth-order valence-electron chi connectivity index (χ4n) is 2.12. The van der Waals surface area contributed by atoms with Gasteiger partial charge in [0.1, 0.15) is 0 Å². The van der Waals surface area contributed by atoms with Gasteiger partial charge in [0, 0.05) is 13.1 Å². The maximum absolute atomic E-state index is 9.47. The Kier molecular flexibility index (Phi) is 3.19. The molecule has 1 aliphatic heterocycles. The normalized spacial score (nSPS) is 17.5. The van der Waals surface area contributed by atoms with Crippen molar-refractivity contribution < 1.29 is 9.84 Å². The second-order valence-corrected chi connectivity index (χ2v) is 4.12. The third-order valence-electron chi connectivity index (χ3n) is 3.03. The van der Waals surface area contributed by atoms with Crippen molar-refractivity contribution in [3.8, 4) is 5.75 Å². The Labute approximate surface area is 95.6 Å². The number of piperidine rings is 1. The van der Waals surface area contributed by atoms with Crippen molar-refractivity contribution >= 4 is 11.4 Å². The third kappa shape index (κ3) is 2.07. The van der Waals surface area contributed by atoms with Crippen molar-refractivity contribution in [3.05, 3.63) is 18.2 Å². The lowest BCUT2D eigenvalue weighted by Crippen LogP contribution is -2.36. The van der Waals surface area contributed by atoms with Gasteiger partial charge in [0.25, 0.3) is 0 Å². The quantitative estimate of drug-likeness (QED) is 0.739. The fourth-order valence-corrected chi connectivity index (χ4v) is 2.12. The van der Waals surface area contributed by atoms with E-state index < -0.39 is 0 Å². The number of nitrogens with zero attached hydrogens (tertiary/aromatic N) is 1. The number of para-hydroxylation sites is 1. The molecule has 0 saturated carbocycles. The number of anilines is 2. The molecule has 1 aliphatic rings. The molecule has 0 amide bonds. The molecule has 4 heteroatoms. The van der Waals surface area contributed by atoms with E-state index in [0.717, 1.165) is 37.4 Å². The highest BCUT2D eigenvalue weighted by molar-refractivity contribution is 5.70. The molecule has 1 aromatic carbocycles. The van der Waals surface area contributed by atoms with Gasteiger partial charge in [0.15, 0.2) is 5.75 Å². The second-order valence-electron chi connectivity index (χ2n) is 4.12. The molecule has 3 N–H and O–H groups in total. The highest BCUT2D eigenvalue weighted by atomic mass is 16.5. The van der Waals surface area contributed by atoms with Gasteiger partial charge in [-0.3, -0.25) is 0 Å². The lowest BCUT2D eigenvalue weighted by Gasteiger charge is -2.32. The Hall–Kier alpha value is -1.42. The van der Waals surface area contributed by atoms with Gasteiger partial charge in [-0.2, -0.15) is 0 Å². The van der Waals surface area contributed by atoms with Crippen LogP contribution in [0.1, 0.15) is 12.8 Å². The Bertz CT molecular complexity index is 360. The molecule has 0 spiro atoms. The van der Waals surface area contributed by atoms with Gasteiger partial charge < -0.3 is 20.5 Å². The predicted molar refractivity (Wildman–Crippen MR) is 64.9 cm³/mol. The van der Waals surface area contributed by atoms with Crippen molar-refractivity contribution in [1.82, 2.24) is 0 Å². The molecular formula is C12H18N2O2. The number of aliphatic hydroxyl groups is 1. The Morgan fingerprint density at radius 1 is 1.38 bits per heavy atom. The van der Waals surface area contributed by atoms with Crippen LogP contribution in [0.2, 0.25) is 0 Å². The smallest absolute Gasteiger partial charge is 0.165 e. The van der Waals surface area contributed by atoms with E-state index >= 15 is 0 Å². The minimum absolute atomic E-state index is 0.164. The first-order valence-corrected chi connectivity index (χ1v) is 5.58. The summed E-state index contributed by atoms with van der Waals surface area (Å²) in [6.07, 6.45) is 1.44. The summed E-state index contributed by atoms with van der Waals surface area (Å²) in [6.45, 7) is 1.70. The van der Waals surface area contributed by atoms with Crippen LogP contribution in [0.25, 0.3) is 0 Å². The highest BCUT2D eigenvalue weighted by Crippen LogP contribution is 2.34. The monoisotopic (exact) mass is 222 g/mol. The summed E-state index contributed by atoms with van der Waals surface area (Å²) in [6, 6.07) is 5.77. The second kappa shape index (κ2) is 4.61. The maximum Gasteiger partial charge on any atom is 0.165 e. The lowest BCUT2D eigenvalue weighted by atomic mass is 10.1. The van der Waals surface area contributed by atoms with Crippen LogP contribution in [0.15, 0.2) is 18.2 Å². The van der Waals surface area contributed by atoms with Gasteiger partial charge in [0.2, 0.25) is 0 Å². The zero-order chi connectivity index (χ0) is 11.5. The summed E-state index contributed by atoms with van der Waals surface area (Å²) in [4.78, 5) is 2.21. The zero-order valence-electron chi connectivity index (χ0n) is 9.52. The van der Waals surface area contributed by atoms with Crippen LogP contribution in [0, 0.1) is 0 Å². The standard InChI is InChI=1S/C12H18N2O2/c1-16-12-10(13)3-2-4-11(12)14-7-5-9(15)6-8-14/h2-4,9,15H,5-8,13H2,1H3. The van der Waals surface area contributed by atoms with Gasteiger partial charge in [-0.1, -0.05) is 6.07 Å². The zero-order valence-corrected chi connectivity index (χ0v) is 9.52. The summed E-state index contributed by atoms with van der Waals surface area (Å²) in [5.74, 6) is 0.735. The molecule has 0 radical (unpaired) electrons. The first kappa shape index (κ1) is 11.1. The first-order valence-electron chi connectivity index (χ1n) is 5.58. The van der Waals surface area contributed by atoms with Crippen LogP contribution in [0.5, 0.6) is 5.75 Å². The number of aliphatic hydroxyl groups excluding tert-OH is 1. The summed E-state index contributed by atoms with van der Waals surface area (Å²) in [5.41, 5.74) is 7.55. The number of methoxy groups -OCH3 is 1. The van der Waals surface area contributed by atoms with E-state index in [-0.39, 0.29) is 6.10 Å². The molecule has 1 saturated heterocycles. The number of rotatable bonds is 2. The van der Waals surface area contributed by atoms with Crippen molar-refractivity contribution in [2.75, 3.05) is 30.8 Å². The Balaban J connectivity index is 2.23. The van der Waals surface area contributed by atoms with Crippen LogP contribution in [-0.2, 0) is 0 Å². The number of ether oxygens (including phenoxy) is 1. The largest absolute Gasteiger partial charge is 0.492 e. The lowest BCUT2D eigenvalue weighted by molar-refractivity contribution is 0.145. The molecular weight excluding hydrogens is 204 g/mol. The van der Waals surface area contributed by atoms with Crippen LogP contribution >= 0.6 is 0 Å². The minimum Gasteiger partial charge on any atom is -0.492 e. The molecule has 16 heavy (non-hydrogen) atoms. The van der Waals surface area contributed by atoms with Gasteiger partial charge in [-0.25, -0.2) is 0 Å². The molecule has 0 unspecified atom stereocenters. The molecule has 4 nitrogen and oxygen atoms in total. The molecule has 1 heterocycles. The van der Waals surface area contributed by atoms with E-state index in [1.807, 2.05) is 18.2 Å². The van der Waals surface area contributed by atoms with E-state index in [2.05, 4.69) is 4.90 Å². The molecule has 2 rings (SSSR count). The summed E-state index contributed by atoms with van der Waals surface area (Å²) in [5, 5.41) is 9.47. The van der Waals surface area contributed by atoms with Gasteiger partial charge >= 0.3 is 0 Å². The van der Waals surface area contributed by atoms with Crippen molar-refractivity contribution in [2.45, 2.75) is 18.9 Å². The van der Waals surface area contributed by atoms with E-state index in [9.17, 15) is 5.11 Å². The number of nitrogens with two attached hydrogens (primary N) is 1. The first-order chi connectivity index (χ1) is 7.72. The number of hydrogen-bond donors (Lipinski definition) is 2. The van der Waals surface area contributed by atoms with E-state index in [1.165, 1.54) is 0 Å². The number of benzene rings is 1. The van der Waals surface area contributed by atoms with E-state index in [1.54, 1.807) is 7.11 Å². The van der Waals surface area contributed by atoms with Crippen LogP contribution < -0.4 is 15.4 Å². The van der Waals surface area contributed by atoms with Gasteiger partial charge in [-0.15, -0.1) is 0 Å². The average molecular weight is 222 g/mol. The fraction of sp³-hybridized carbons (Fsp3) is 0.500. The molecule has 0 aromatic heterocycles. The number of hydrogen-bond acceptors (Lipinski definition) is 4. The minimum atomic E-state index is -0.164. The molecule has 0 atom stereocenters. The molecule has 0 bridgehead atoms. The van der Waals surface area contributed by atoms with Crippen molar-refractivity contribution in [3.63, 3.8) is 0 Å². The number of nitrogen functional groups attached to an aromatic ring is 1. The molecule has 88 valence electrons. The van der Waals surface area contributed by atoms with Crippen molar-refractivity contribution in [1.29, 1.82) is 0 Å². The van der Waals surface area contributed by atoms with Crippen molar-refractivity contribution in [2.24, 2.45) is 0 Å². The van der Waals surface area contributed by atoms with Crippen LogP contribution in [0.4, 0.5) is 11.4 Å². The molecule has 0 aliphatic carbocycles. The Morgan fingerprint density at radius 3 is 2.69 bits per heavy atom. The maximum atomic E-state index is 9.47. The molecule has 1 fully saturated rings. The van der Waals surface area contributed by atoms with E-state index in [0.29, 0.717) is 5.69 Å². The molecule has 1 aromatic rings. The topological polar surface area (TPSA) is 58.7 Å². The SMILES string of the molecule is COc1c(N)cccc1N1CCC(O)CC1. The summed E-state index contributed by atoms with van der Waals surface area (Å²) >= 11 is 0. The van der Waals surface area contributed by atoms with Crippen LogP contribution in [-0.4, -0.2) is 31.4 Å². The predicted octanol–water partition coefficient (Wildman–Crippen LogP) is 1.24. The average Bonchev–Trinajstić information content (AvgIpc) is 2.30. The van der Waals surface area contributed by atoms with Gasteiger partial charge in [0.05, 0.1) is 24.6 Å². The highest BCUT2D eigenvalue weighted by Gasteiger charge is 2.20. The third-order valence-corrected chi connectivity index (χ3v) is 3.03. The van der Waals surface area contributed by atoms with Gasteiger partial charge in [-0.05, 0) is 25.0 Å². The summed E-state index contributed by atoms with van der Waals surface area (Å²) < 4.78 is 5.33. The van der Waals surface area contributed by atoms with Crippen LogP contribution in [0.3, 0.4) is 0 Å². The Morgan fingerprint density at radius 2 is 2.06 bits per heavy atom. The van der Waals surface area contributed by atoms with E-state index in [4.69, 9.17) is 10.5 Å². The summed E-state index contributed by atoms with van der Waals surface area (Å²) in [7, 11) is 1.63.